The molecule has 1 N–H and O–H groups in total. The highest BCUT2D eigenvalue weighted by atomic mass is 79.9. The molecule has 0 spiro atoms. The molecule has 0 saturated carbocycles. The van der Waals surface area contributed by atoms with Gasteiger partial charge in [-0.15, -0.1) is 6.58 Å². The fraction of sp³-hybridized carbons (Fsp3) is 0.308. The van der Waals surface area contributed by atoms with Crippen molar-refractivity contribution >= 4 is 33.6 Å². The summed E-state index contributed by atoms with van der Waals surface area (Å²) in [4.78, 5) is 11.9. The summed E-state index contributed by atoms with van der Waals surface area (Å²) in [7, 11) is 0. The summed E-state index contributed by atoms with van der Waals surface area (Å²) in [6.07, 6.45) is 1.86. The fourth-order valence-electron chi connectivity index (χ4n) is 1.31. The van der Waals surface area contributed by atoms with Crippen LogP contribution in [0.2, 0.25) is 0 Å². The van der Waals surface area contributed by atoms with Gasteiger partial charge >= 0.3 is 0 Å². The van der Waals surface area contributed by atoms with Crippen molar-refractivity contribution in [2.45, 2.75) is 6.92 Å². The van der Waals surface area contributed by atoms with E-state index < -0.39 is 0 Å². The predicted molar refractivity (Wildman–Crippen MR) is 78.7 cm³/mol. The predicted octanol–water partition coefficient (Wildman–Crippen LogP) is 3.41. The van der Waals surface area contributed by atoms with Crippen molar-refractivity contribution in [3.8, 4) is 0 Å². The molecular weight excluding hydrogens is 298 g/mol. The third-order valence-electron chi connectivity index (χ3n) is 2.13. The molecule has 0 heterocycles. The molecular formula is C13H16BrNOS. The second-order valence-electron chi connectivity index (χ2n) is 3.60. The van der Waals surface area contributed by atoms with Crippen molar-refractivity contribution < 1.29 is 4.79 Å². The Hall–Kier alpha value is -0.740. The van der Waals surface area contributed by atoms with Crippen LogP contribution in [0.5, 0.6) is 0 Å². The van der Waals surface area contributed by atoms with Crippen molar-refractivity contribution in [2.75, 3.05) is 18.1 Å². The summed E-state index contributed by atoms with van der Waals surface area (Å²) >= 11 is 5.14. The normalized spacial score (nSPS) is 10.0. The van der Waals surface area contributed by atoms with E-state index in [9.17, 15) is 4.79 Å². The van der Waals surface area contributed by atoms with Gasteiger partial charge in [-0.25, -0.2) is 0 Å². The third kappa shape index (κ3) is 4.96. The lowest BCUT2D eigenvalue weighted by Crippen LogP contribution is -2.26. The van der Waals surface area contributed by atoms with Crippen LogP contribution in [-0.4, -0.2) is 24.0 Å². The Morgan fingerprint density at radius 2 is 2.35 bits per heavy atom. The van der Waals surface area contributed by atoms with Crippen molar-refractivity contribution in [3.05, 3.63) is 46.5 Å². The van der Waals surface area contributed by atoms with Crippen LogP contribution < -0.4 is 5.32 Å². The zero-order chi connectivity index (χ0) is 12.7. The number of carbonyl (C=O) groups is 1. The number of thioether (sulfide) groups is 1. The maximum absolute atomic E-state index is 11.9. The Morgan fingerprint density at radius 1 is 1.59 bits per heavy atom. The highest BCUT2D eigenvalue weighted by molar-refractivity contribution is 9.10. The van der Waals surface area contributed by atoms with Crippen LogP contribution in [0.1, 0.15) is 15.9 Å². The lowest BCUT2D eigenvalue weighted by molar-refractivity contribution is 0.0955. The van der Waals surface area contributed by atoms with Crippen LogP contribution >= 0.6 is 27.7 Å². The van der Waals surface area contributed by atoms with E-state index in [1.807, 2.05) is 31.2 Å². The molecule has 1 aromatic carbocycles. The minimum atomic E-state index is -0.0280. The molecule has 0 aliphatic heterocycles. The van der Waals surface area contributed by atoms with Gasteiger partial charge in [-0.3, -0.25) is 4.79 Å². The molecule has 0 aromatic heterocycles. The first-order valence-corrected chi connectivity index (χ1v) is 7.33. The maximum Gasteiger partial charge on any atom is 0.252 e. The van der Waals surface area contributed by atoms with Gasteiger partial charge in [0.15, 0.2) is 0 Å². The quantitative estimate of drug-likeness (QED) is 0.644. The van der Waals surface area contributed by atoms with Gasteiger partial charge in [-0.05, 0) is 35.0 Å². The lowest BCUT2D eigenvalue weighted by atomic mass is 10.1. The Labute approximate surface area is 115 Å². The van der Waals surface area contributed by atoms with Gasteiger partial charge < -0.3 is 5.32 Å². The van der Waals surface area contributed by atoms with Crippen LogP contribution in [0.15, 0.2) is 35.3 Å². The van der Waals surface area contributed by atoms with Crippen LogP contribution in [0.4, 0.5) is 0 Å². The molecule has 0 bridgehead atoms. The lowest BCUT2D eigenvalue weighted by Gasteiger charge is -2.07. The molecule has 0 atom stereocenters. The molecule has 0 fully saturated rings. The van der Waals surface area contributed by atoms with Crippen LogP contribution in [0, 0.1) is 6.92 Å². The molecule has 1 amide bonds. The number of rotatable bonds is 6. The third-order valence-corrected chi connectivity index (χ3v) is 3.79. The number of hydrogen-bond donors (Lipinski definition) is 1. The van der Waals surface area contributed by atoms with Gasteiger partial charge in [0, 0.05) is 22.5 Å². The first kappa shape index (κ1) is 14.3. The topological polar surface area (TPSA) is 29.1 Å². The number of amides is 1. The molecule has 17 heavy (non-hydrogen) atoms. The van der Waals surface area contributed by atoms with E-state index in [0.717, 1.165) is 21.5 Å². The Morgan fingerprint density at radius 3 is 3.06 bits per heavy atom. The minimum absolute atomic E-state index is 0.0280. The van der Waals surface area contributed by atoms with E-state index in [0.29, 0.717) is 12.1 Å². The number of aryl methyl sites for hydroxylation is 1. The molecule has 0 aliphatic rings. The number of carbonyl (C=O) groups excluding carboxylic acids is 1. The molecule has 1 aromatic rings. The van der Waals surface area contributed by atoms with Crippen molar-refractivity contribution in [3.63, 3.8) is 0 Å². The van der Waals surface area contributed by atoms with E-state index in [1.165, 1.54) is 0 Å². The highest BCUT2D eigenvalue weighted by Crippen LogP contribution is 2.17. The highest BCUT2D eigenvalue weighted by Gasteiger charge is 2.08. The zero-order valence-electron chi connectivity index (χ0n) is 9.83. The van der Waals surface area contributed by atoms with Crippen molar-refractivity contribution in [1.82, 2.24) is 5.32 Å². The SMILES string of the molecule is C=CCSCCNC(=O)c1cc(C)ccc1Br. The first-order valence-electron chi connectivity index (χ1n) is 5.38. The first-order chi connectivity index (χ1) is 8.15. The van der Waals surface area contributed by atoms with E-state index in [2.05, 4.69) is 27.8 Å². The summed E-state index contributed by atoms with van der Waals surface area (Å²) in [5, 5.41) is 2.90. The molecule has 4 heteroatoms. The second kappa shape index (κ2) is 7.56. The van der Waals surface area contributed by atoms with E-state index in [4.69, 9.17) is 0 Å². The summed E-state index contributed by atoms with van der Waals surface area (Å²) in [5.41, 5.74) is 1.78. The largest absolute Gasteiger partial charge is 0.351 e. The van der Waals surface area contributed by atoms with Gasteiger partial charge in [0.25, 0.3) is 5.91 Å². The average Bonchev–Trinajstić information content (AvgIpc) is 2.32. The van der Waals surface area contributed by atoms with Gasteiger partial charge in [-0.1, -0.05) is 17.7 Å². The molecule has 0 aliphatic carbocycles. The molecule has 0 unspecified atom stereocenters. The molecule has 0 radical (unpaired) electrons. The summed E-state index contributed by atoms with van der Waals surface area (Å²) < 4.78 is 0.833. The Bertz CT molecular complexity index is 406. The maximum atomic E-state index is 11.9. The van der Waals surface area contributed by atoms with Gasteiger partial charge in [0.1, 0.15) is 0 Å². The standard InChI is InChI=1S/C13H16BrNOS/c1-3-7-17-8-6-15-13(16)11-9-10(2)4-5-12(11)14/h3-5,9H,1,6-8H2,2H3,(H,15,16). The fourth-order valence-corrected chi connectivity index (χ4v) is 2.32. The van der Waals surface area contributed by atoms with Crippen molar-refractivity contribution in [1.29, 1.82) is 0 Å². The van der Waals surface area contributed by atoms with Gasteiger partial charge in [0.2, 0.25) is 0 Å². The minimum Gasteiger partial charge on any atom is -0.351 e. The molecule has 2 nitrogen and oxygen atoms in total. The van der Waals surface area contributed by atoms with Gasteiger partial charge in [-0.2, -0.15) is 11.8 Å². The van der Waals surface area contributed by atoms with E-state index in [1.54, 1.807) is 11.8 Å². The number of nitrogens with one attached hydrogen (secondary N) is 1. The molecule has 0 saturated heterocycles. The van der Waals surface area contributed by atoms with Gasteiger partial charge in [0.05, 0.1) is 5.56 Å². The van der Waals surface area contributed by atoms with E-state index in [-0.39, 0.29) is 5.91 Å². The molecule has 1 rings (SSSR count). The Balaban J connectivity index is 2.46. The summed E-state index contributed by atoms with van der Waals surface area (Å²) in [5.74, 6) is 1.80. The van der Waals surface area contributed by atoms with Crippen LogP contribution in [0.3, 0.4) is 0 Å². The molecule has 92 valence electrons. The monoisotopic (exact) mass is 313 g/mol. The Kier molecular flexibility index (Phi) is 6.37. The van der Waals surface area contributed by atoms with Crippen LogP contribution in [0.25, 0.3) is 0 Å². The summed E-state index contributed by atoms with van der Waals surface area (Å²) in [6, 6.07) is 5.76. The van der Waals surface area contributed by atoms with E-state index >= 15 is 0 Å². The number of benzene rings is 1. The average molecular weight is 314 g/mol. The summed E-state index contributed by atoms with van der Waals surface area (Å²) in [6.45, 7) is 6.30. The van der Waals surface area contributed by atoms with Crippen LogP contribution in [-0.2, 0) is 0 Å². The smallest absolute Gasteiger partial charge is 0.252 e. The van der Waals surface area contributed by atoms with Crippen molar-refractivity contribution in [2.24, 2.45) is 0 Å². The second-order valence-corrected chi connectivity index (χ2v) is 5.61. The number of hydrogen-bond acceptors (Lipinski definition) is 2. The number of halogens is 1. The zero-order valence-corrected chi connectivity index (χ0v) is 12.2.